The third-order valence-electron chi connectivity index (χ3n) is 4.23. The lowest BCUT2D eigenvalue weighted by Crippen LogP contribution is -2.20. The van der Waals surface area contributed by atoms with Gasteiger partial charge in [-0.2, -0.15) is 19.0 Å². The van der Waals surface area contributed by atoms with Crippen LogP contribution in [-0.4, -0.2) is 35.8 Å². The van der Waals surface area contributed by atoms with E-state index in [1.807, 2.05) is 0 Å². The Hall–Kier alpha value is -3.14. The summed E-state index contributed by atoms with van der Waals surface area (Å²) in [4.78, 5) is 8.09. The van der Waals surface area contributed by atoms with E-state index < -0.39 is 23.1 Å². The second-order valence-corrected chi connectivity index (χ2v) is 6.71. The van der Waals surface area contributed by atoms with Crippen molar-refractivity contribution < 1.29 is 13.2 Å². The largest absolute Gasteiger partial charge is 0.331 e. The molecule has 0 amide bonds. The SMILES string of the molecule is Cc1cc(Nc2nc(C(F)(F)c3ccc(F)cc3)nc3c2cnn3CCCl)n[nH]1. The van der Waals surface area contributed by atoms with Gasteiger partial charge in [0.1, 0.15) is 11.6 Å². The highest BCUT2D eigenvalue weighted by Crippen LogP contribution is 2.36. The van der Waals surface area contributed by atoms with Gasteiger partial charge in [0.05, 0.1) is 18.1 Å². The number of H-pyrrole nitrogens is 1. The Morgan fingerprint density at radius 2 is 1.97 bits per heavy atom. The first-order valence-electron chi connectivity index (χ1n) is 8.61. The summed E-state index contributed by atoms with van der Waals surface area (Å²) >= 11 is 5.79. The molecule has 0 bridgehead atoms. The van der Waals surface area contributed by atoms with Crippen LogP contribution in [0.2, 0.25) is 0 Å². The molecule has 1 aromatic carbocycles. The summed E-state index contributed by atoms with van der Waals surface area (Å²) in [5.74, 6) is -4.16. The van der Waals surface area contributed by atoms with Gasteiger partial charge in [0.15, 0.2) is 11.5 Å². The van der Waals surface area contributed by atoms with Gasteiger partial charge in [0, 0.05) is 23.2 Å². The van der Waals surface area contributed by atoms with Gasteiger partial charge in [-0.3, -0.25) is 5.10 Å². The molecule has 0 spiro atoms. The smallest absolute Gasteiger partial charge is 0.323 e. The molecule has 0 atom stereocenters. The number of hydrogen-bond acceptors (Lipinski definition) is 5. The Bertz CT molecular complexity index is 1150. The van der Waals surface area contributed by atoms with Crippen molar-refractivity contribution in [2.24, 2.45) is 0 Å². The molecule has 0 aliphatic heterocycles. The van der Waals surface area contributed by atoms with E-state index in [2.05, 4.69) is 30.6 Å². The molecule has 150 valence electrons. The Labute approximate surface area is 167 Å². The zero-order valence-corrected chi connectivity index (χ0v) is 15.9. The number of aryl methyl sites for hydroxylation is 2. The Kier molecular flexibility index (Phi) is 4.87. The molecule has 11 heteroatoms. The average Bonchev–Trinajstić information content (AvgIpc) is 3.29. The standard InChI is InChI=1S/C18H15ClF3N7/c1-10-8-14(28-27-10)24-15-13-9-23-29(7-6-19)16(13)26-17(25-15)18(21,22)11-2-4-12(20)5-3-11/h2-5,8-9H,6-7H2,1H3,(H2,24,25,26,27,28). The van der Waals surface area contributed by atoms with Crippen molar-refractivity contribution in [1.29, 1.82) is 0 Å². The zero-order valence-electron chi connectivity index (χ0n) is 15.1. The number of nitrogens with one attached hydrogen (secondary N) is 2. The maximum absolute atomic E-state index is 15.1. The van der Waals surface area contributed by atoms with Gasteiger partial charge in [-0.1, -0.05) is 0 Å². The van der Waals surface area contributed by atoms with Crippen LogP contribution in [0.25, 0.3) is 11.0 Å². The van der Waals surface area contributed by atoms with E-state index in [0.29, 0.717) is 11.2 Å². The number of hydrogen-bond donors (Lipinski definition) is 2. The van der Waals surface area contributed by atoms with Crippen LogP contribution in [0.15, 0.2) is 36.5 Å². The summed E-state index contributed by atoms with van der Waals surface area (Å²) < 4.78 is 44.9. The molecule has 29 heavy (non-hydrogen) atoms. The Morgan fingerprint density at radius 3 is 2.62 bits per heavy atom. The number of aromatic amines is 1. The van der Waals surface area contributed by atoms with E-state index in [9.17, 15) is 4.39 Å². The number of anilines is 2. The fourth-order valence-electron chi connectivity index (χ4n) is 2.83. The maximum Gasteiger partial charge on any atom is 0.331 e. The van der Waals surface area contributed by atoms with Gasteiger partial charge in [0.25, 0.3) is 0 Å². The van der Waals surface area contributed by atoms with Crippen LogP contribution in [0, 0.1) is 12.7 Å². The highest BCUT2D eigenvalue weighted by atomic mass is 35.5. The van der Waals surface area contributed by atoms with E-state index in [0.717, 1.165) is 30.0 Å². The molecule has 0 saturated heterocycles. The van der Waals surface area contributed by atoms with Crippen molar-refractivity contribution in [2.75, 3.05) is 11.2 Å². The van der Waals surface area contributed by atoms with Gasteiger partial charge in [-0.25, -0.2) is 19.0 Å². The van der Waals surface area contributed by atoms with E-state index in [1.54, 1.807) is 13.0 Å². The fourth-order valence-corrected chi connectivity index (χ4v) is 2.99. The van der Waals surface area contributed by atoms with Crippen LogP contribution < -0.4 is 5.32 Å². The first-order chi connectivity index (χ1) is 13.9. The molecular weight excluding hydrogens is 407 g/mol. The highest BCUT2D eigenvalue weighted by molar-refractivity contribution is 6.17. The number of fused-ring (bicyclic) bond motifs is 1. The molecule has 0 radical (unpaired) electrons. The van der Waals surface area contributed by atoms with Crippen LogP contribution in [0.3, 0.4) is 0 Å². The zero-order chi connectivity index (χ0) is 20.6. The molecule has 3 heterocycles. The second kappa shape index (κ2) is 7.36. The number of nitrogens with zero attached hydrogens (tertiary/aromatic N) is 5. The Morgan fingerprint density at radius 1 is 1.21 bits per heavy atom. The van der Waals surface area contributed by atoms with Crippen molar-refractivity contribution in [3.05, 3.63) is 59.4 Å². The maximum atomic E-state index is 15.1. The minimum Gasteiger partial charge on any atom is -0.323 e. The summed E-state index contributed by atoms with van der Waals surface area (Å²) in [5, 5.41) is 14.3. The topological polar surface area (TPSA) is 84.3 Å². The summed E-state index contributed by atoms with van der Waals surface area (Å²) in [6.45, 7) is 2.09. The third-order valence-corrected chi connectivity index (χ3v) is 4.40. The van der Waals surface area contributed by atoms with E-state index in [-0.39, 0.29) is 23.9 Å². The van der Waals surface area contributed by atoms with Gasteiger partial charge in [-0.05, 0) is 31.2 Å². The van der Waals surface area contributed by atoms with Crippen LogP contribution >= 0.6 is 11.6 Å². The lowest BCUT2D eigenvalue weighted by atomic mass is 10.1. The van der Waals surface area contributed by atoms with Crippen LogP contribution in [0.5, 0.6) is 0 Å². The third kappa shape index (κ3) is 3.63. The number of alkyl halides is 3. The van der Waals surface area contributed by atoms with E-state index in [4.69, 9.17) is 11.6 Å². The van der Waals surface area contributed by atoms with E-state index in [1.165, 1.54) is 10.9 Å². The molecule has 0 aliphatic carbocycles. The molecular formula is C18H15ClF3N7. The molecule has 2 N–H and O–H groups in total. The molecule has 4 aromatic rings. The minimum absolute atomic E-state index is 0.124. The molecule has 0 unspecified atom stereocenters. The number of benzene rings is 1. The average molecular weight is 422 g/mol. The predicted molar refractivity (Wildman–Crippen MR) is 102 cm³/mol. The monoisotopic (exact) mass is 421 g/mol. The number of aromatic nitrogens is 6. The number of halogens is 4. The number of rotatable bonds is 6. The lowest BCUT2D eigenvalue weighted by molar-refractivity contribution is 0.0332. The van der Waals surface area contributed by atoms with Crippen LogP contribution in [-0.2, 0) is 12.5 Å². The molecule has 7 nitrogen and oxygen atoms in total. The summed E-state index contributed by atoms with van der Waals surface area (Å²) in [6.07, 6.45) is 1.48. The molecule has 4 rings (SSSR count). The van der Waals surface area contributed by atoms with Gasteiger partial charge < -0.3 is 5.32 Å². The van der Waals surface area contributed by atoms with Gasteiger partial charge in [0.2, 0.25) is 5.82 Å². The summed E-state index contributed by atoms with van der Waals surface area (Å²) in [7, 11) is 0. The molecule has 0 saturated carbocycles. The fraction of sp³-hybridized carbons (Fsp3) is 0.222. The van der Waals surface area contributed by atoms with Crippen molar-refractivity contribution >= 4 is 34.3 Å². The van der Waals surface area contributed by atoms with Crippen molar-refractivity contribution in [3.63, 3.8) is 0 Å². The van der Waals surface area contributed by atoms with Gasteiger partial charge in [-0.15, -0.1) is 11.6 Å². The lowest BCUT2D eigenvalue weighted by Gasteiger charge is -2.17. The van der Waals surface area contributed by atoms with Crippen molar-refractivity contribution in [1.82, 2.24) is 29.9 Å². The van der Waals surface area contributed by atoms with Crippen LogP contribution in [0.1, 0.15) is 17.1 Å². The molecule has 0 aliphatic rings. The van der Waals surface area contributed by atoms with Crippen LogP contribution in [0.4, 0.5) is 24.8 Å². The second-order valence-electron chi connectivity index (χ2n) is 6.33. The summed E-state index contributed by atoms with van der Waals surface area (Å²) in [5.41, 5.74) is 0.558. The normalized spacial score (nSPS) is 11.9. The first kappa shape index (κ1) is 19.2. The molecule has 0 fully saturated rings. The summed E-state index contributed by atoms with van der Waals surface area (Å²) in [6, 6.07) is 5.64. The quantitative estimate of drug-likeness (QED) is 0.457. The van der Waals surface area contributed by atoms with Crippen molar-refractivity contribution in [3.8, 4) is 0 Å². The highest BCUT2D eigenvalue weighted by Gasteiger charge is 2.38. The van der Waals surface area contributed by atoms with E-state index >= 15 is 8.78 Å². The van der Waals surface area contributed by atoms with Gasteiger partial charge >= 0.3 is 5.92 Å². The molecule has 3 aromatic heterocycles. The predicted octanol–water partition coefficient (Wildman–Crippen LogP) is 4.12. The first-order valence-corrected chi connectivity index (χ1v) is 9.15. The van der Waals surface area contributed by atoms with Crippen molar-refractivity contribution in [2.45, 2.75) is 19.4 Å². The minimum atomic E-state index is -3.56. The Balaban J connectivity index is 1.86.